The van der Waals surface area contributed by atoms with Crippen molar-refractivity contribution in [3.05, 3.63) is 80.9 Å². The van der Waals surface area contributed by atoms with Gasteiger partial charge in [0.05, 0.1) is 9.83 Å². The number of nitro groups is 1. The predicted octanol–water partition coefficient (Wildman–Crippen LogP) is 3.86. The van der Waals surface area contributed by atoms with Gasteiger partial charge in [-0.2, -0.15) is 0 Å². The smallest absolute Gasteiger partial charge is 0.293 e. The van der Waals surface area contributed by atoms with E-state index in [1.807, 2.05) is 30.5 Å². The summed E-state index contributed by atoms with van der Waals surface area (Å²) in [6.07, 6.45) is 4.29. The molecule has 1 fully saturated rings. The van der Waals surface area contributed by atoms with Crippen LogP contribution < -0.4 is 5.32 Å². The van der Waals surface area contributed by atoms with Gasteiger partial charge >= 0.3 is 0 Å². The molecule has 1 aliphatic heterocycles. The first-order chi connectivity index (χ1) is 15.9. The summed E-state index contributed by atoms with van der Waals surface area (Å²) in [6, 6.07) is 13.6. The highest BCUT2D eigenvalue weighted by Gasteiger charge is 2.34. The number of aromatic nitrogens is 1. The number of carbonyl (C=O) groups is 3. The normalized spacial score (nSPS) is 14.9. The SMILES string of the molecule is O=C(CCc1c[nH]c2ccccc12)NCCN1C(=O)S/C(=C\c2ccc([N+](=O)[O-])cc2)C1=O. The average Bonchev–Trinajstić information content (AvgIpc) is 3.34. The first kappa shape index (κ1) is 22.3. The Balaban J connectivity index is 1.27. The summed E-state index contributed by atoms with van der Waals surface area (Å²) < 4.78 is 0. The maximum absolute atomic E-state index is 12.6. The number of thioether (sulfide) groups is 1. The number of fused-ring (bicyclic) bond motifs is 1. The predicted molar refractivity (Wildman–Crippen MR) is 125 cm³/mol. The molecule has 1 aromatic heterocycles. The molecule has 0 radical (unpaired) electrons. The molecule has 0 aliphatic carbocycles. The Hall–Kier alpha value is -3.92. The number of hydrogen-bond acceptors (Lipinski definition) is 6. The molecular weight excluding hydrogens is 444 g/mol. The number of hydrogen-bond donors (Lipinski definition) is 2. The van der Waals surface area contributed by atoms with Crippen molar-refractivity contribution in [3.8, 4) is 0 Å². The second-order valence-corrected chi connectivity index (χ2v) is 8.38. The Morgan fingerprint density at radius 2 is 1.91 bits per heavy atom. The Morgan fingerprint density at radius 3 is 2.67 bits per heavy atom. The molecule has 0 bridgehead atoms. The van der Waals surface area contributed by atoms with Crippen LogP contribution in [0.5, 0.6) is 0 Å². The largest absolute Gasteiger partial charge is 0.361 e. The average molecular weight is 465 g/mol. The zero-order valence-corrected chi connectivity index (χ0v) is 18.3. The van der Waals surface area contributed by atoms with Crippen molar-refractivity contribution < 1.29 is 19.3 Å². The highest BCUT2D eigenvalue weighted by molar-refractivity contribution is 8.18. The Labute approximate surface area is 193 Å². The van der Waals surface area contributed by atoms with Crippen molar-refractivity contribution in [1.29, 1.82) is 0 Å². The van der Waals surface area contributed by atoms with E-state index in [2.05, 4.69) is 10.3 Å². The van der Waals surface area contributed by atoms with Crippen molar-refractivity contribution in [2.45, 2.75) is 12.8 Å². The van der Waals surface area contributed by atoms with Gasteiger partial charge in [0.15, 0.2) is 0 Å². The Morgan fingerprint density at radius 1 is 1.15 bits per heavy atom. The van der Waals surface area contributed by atoms with Gasteiger partial charge in [-0.15, -0.1) is 0 Å². The van der Waals surface area contributed by atoms with Crippen molar-refractivity contribution in [1.82, 2.24) is 15.2 Å². The van der Waals surface area contributed by atoms with E-state index in [1.165, 1.54) is 30.3 Å². The number of H-pyrrole nitrogens is 1. The summed E-state index contributed by atoms with van der Waals surface area (Å²) in [5, 5.41) is 14.2. The number of amides is 3. The van der Waals surface area contributed by atoms with Gasteiger partial charge in [-0.05, 0) is 53.6 Å². The quantitative estimate of drug-likeness (QED) is 0.296. The van der Waals surface area contributed by atoms with E-state index >= 15 is 0 Å². The van der Waals surface area contributed by atoms with Crippen LogP contribution in [0.1, 0.15) is 17.5 Å². The monoisotopic (exact) mass is 464 g/mol. The minimum Gasteiger partial charge on any atom is -0.361 e. The van der Waals surface area contributed by atoms with Gasteiger partial charge in [-0.3, -0.25) is 29.4 Å². The summed E-state index contributed by atoms with van der Waals surface area (Å²) >= 11 is 0.804. The molecular formula is C23H20N4O5S. The molecule has 2 heterocycles. The van der Waals surface area contributed by atoms with Gasteiger partial charge in [-0.1, -0.05) is 18.2 Å². The standard InChI is InChI=1S/C23H20N4O5S/c28-21(10-7-16-14-25-19-4-2-1-3-18(16)19)24-11-12-26-22(29)20(33-23(26)30)13-15-5-8-17(9-6-15)27(31)32/h1-6,8-9,13-14,25H,7,10-12H2,(H,24,28)/b20-13-. The minimum atomic E-state index is -0.507. The third-order valence-corrected chi connectivity index (χ3v) is 6.14. The molecule has 3 amide bonds. The van der Waals surface area contributed by atoms with Crippen LogP contribution >= 0.6 is 11.8 Å². The van der Waals surface area contributed by atoms with Crippen LogP contribution in [-0.4, -0.2) is 45.0 Å². The summed E-state index contributed by atoms with van der Waals surface area (Å²) in [5.41, 5.74) is 2.61. The topological polar surface area (TPSA) is 125 Å². The van der Waals surface area contributed by atoms with Crippen LogP contribution in [0.2, 0.25) is 0 Å². The molecule has 9 nitrogen and oxygen atoms in total. The molecule has 4 rings (SSSR count). The van der Waals surface area contributed by atoms with E-state index in [1.54, 1.807) is 0 Å². The van der Waals surface area contributed by atoms with Gasteiger partial charge in [0, 0.05) is 48.7 Å². The number of aryl methyl sites for hydroxylation is 1. The number of imide groups is 1. The number of aromatic amines is 1. The Kier molecular flexibility index (Phi) is 6.55. The van der Waals surface area contributed by atoms with E-state index in [-0.39, 0.29) is 29.6 Å². The highest BCUT2D eigenvalue weighted by Crippen LogP contribution is 2.32. The number of nitrogens with zero attached hydrogens (tertiary/aromatic N) is 2. The molecule has 3 aromatic rings. The number of benzene rings is 2. The van der Waals surface area contributed by atoms with Crippen LogP contribution in [-0.2, 0) is 16.0 Å². The fourth-order valence-electron chi connectivity index (χ4n) is 3.52. The van der Waals surface area contributed by atoms with E-state index in [9.17, 15) is 24.5 Å². The van der Waals surface area contributed by atoms with Gasteiger partial charge in [0.1, 0.15) is 0 Å². The van der Waals surface area contributed by atoms with E-state index in [4.69, 9.17) is 0 Å². The summed E-state index contributed by atoms with van der Waals surface area (Å²) in [5.74, 6) is -0.606. The first-order valence-electron chi connectivity index (χ1n) is 10.2. The maximum Gasteiger partial charge on any atom is 0.293 e. The minimum absolute atomic E-state index is 0.0549. The number of non-ortho nitro benzene ring substituents is 1. The van der Waals surface area contributed by atoms with Crippen LogP contribution in [0.15, 0.2) is 59.6 Å². The number of carbonyl (C=O) groups excluding carboxylic acids is 3. The van der Waals surface area contributed by atoms with Gasteiger partial charge in [0.2, 0.25) is 5.91 Å². The fraction of sp³-hybridized carbons (Fsp3) is 0.174. The molecule has 33 heavy (non-hydrogen) atoms. The molecule has 0 spiro atoms. The van der Waals surface area contributed by atoms with Crippen LogP contribution in [0.3, 0.4) is 0 Å². The van der Waals surface area contributed by atoms with Crippen LogP contribution in [0.25, 0.3) is 17.0 Å². The number of nitrogens with one attached hydrogen (secondary N) is 2. The Bertz CT molecular complexity index is 1270. The van der Waals surface area contributed by atoms with Gasteiger partial charge in [0.25, 0.3) is 16.8 Å². The van der Waals surface area contributed by atoms with Crippen molar-refractivity contribution in [2.24, 2.45) is 0 Å². The molecule has 2 aromatic carbocycles. The first-order valence-corrected chi connectivity index (χ1v) is 11.1. The zero-order chi connectivity index (χ0) is 23.4. The molecule has 1 saturated heterocycles. The summed E-state index contributed by atoms with van der Waals surface area (Å²) in [7, 11) is 0. The van der Waals surface area contributed by atoms with E-state index < -0.39 is 16.1 Å². The second kappa shape index (κ2) is 9.70. The molecule has 168 valence electrons. The van der Waals surface area contributed by atoms with Crippen LogP contribution in [0.4, 0.5) is 10.5 Å². The van der Waals surface area contributed by atoms with Crippen LogP contribution in [0, 0.1) is 10.1 Å². The zero-order valence-electron chi connectivity index (χ0n) is 17.4. The molecule has 0 saturated carbocycles. The third-order valence-electron chi connectivity index (χ3n) is 5.23. The second-order valence-electron chi connectivity index (χ2n) is 7.39. The van der Waals surface area contributed by atoms with Gasteiger partial charge < -0.3 is 10.3 Å². The van der Waals surface area contributed by atoms with E-state index in [0.717, 1.165) is 33.1 Å². The molecule has 1 aliphatic rings. The molecule has 2 N–H and O–H groups in total. The third kappa shape index (κ3) is 5.12. The fourth-order valence-corrected chi connectivity index (χ4v) is 4.38. The number of para-hydroxylation sites is 1. The highest BCUT2D eigenvalue weighted by atomic mass is 32.2. The summed E-state index contributed by atoms with van der Waals surface area (Å²) in [4.78, 5) is 51.8. The van der Waals surface area contributed by atoms with Gasteiger partial charge in [-0.25, -0.2) is 0 Å². The molecule has 0 unspecified atom stereocenters. The summed E-state index contributed by atoms with van der Waals surface area (Å²) in [6.45, 7) is 0.233. The van der Waals surface area contributed by atoms with Crippen molar-refractivity contribution in [2.75, 3.05) is 13.1 Å². The number of nitro benzene ring substituents is 1. The lowest BCUT2D eigenvalue weighted by Gasteiger charge is -2.13. The molecule has 10 heteroatoms. The molecule has 0 atom stereocenters. The lowest BCUT2D eigenvalue weighted by molar-refractivity contribution is -0.384. The lowest BCUT2D eigenvalue weighted by atomic mass is 10.1. The van der Waals surface area contributed by atoms with Crippen molar-refractivity contribution >= 4 is 51.5 Å². The van der Waals surface area contributed by atoms with Crippen molar-refractivity contribution in [3.63, 3.8) is 0 Å². The number of rotatable bonds is 8. The maximum atomic E-state index is 12.6. The lowest BCUT2D eigenvalue weighted by Crippen LogP contribution is -2.37. The van der Waals surface area contributed by atoms with E-state index in [0.29, 0.717) is 18.4 Å².